The van der Waals surface area contributed by atoms with Crippen LogP contribution in [0.2, 0.25) is 0 Å². The molecule has 0 unspecified atom stereocenters. The molecule has 0 saturated heterocycles. The molecule has 0 saturated carbocycles. The van der Waals surface area contributed by atoms with Crippen molar-refractivity contribution >= 4 is 10.0 Å². The molecule has 8 heteroatoms. The molecule has 0 fully saturated rings. The fourth-order valence-electron chi connectivity index (χ4n) is 3.51. The minimum atomic E-state index is -3.15. The summed E-state index contributed by atoms with van der Waals surface area (Å²) in [6.45, 7) is 1.57. The lowest BCUT2D eigenvalue weighted by Crippen LogP contribution is -2.35. The van der Waals surface area contributed by atoms with E-state index in [1.807, 2.05) is 42.5 Å². The lowest BCUT2D eigenvalue weighted by Gasteiger charge is -2.27. The van der Waals surface area contributed by atoms with Gasteiger partial charge in [-0.1, -0.05) is 18.2 Å². The van der Waals surface area contributed by atoms with Gasteiger partial charge >= 0.3 is 6.01 Å². The van der Waals surface area contributed by atoms with Crippen LogP contribution < -0.4 is 9.47 Å². The average molecular weight is 440 g/mol. The summed E-state index contributed by atoms with van der Waals surface area (Å²) in [6, 6.07) is 15.9. The molecule has 0 N–H and O–H groups in total. The number of hydrogen-bond donors (Lipinski definition) is 0. The van der Waals surface area contributed by atoms with Crippen LogP contribution in [-0.4, -0.2) is 42.1 Å². The number of aromatic nitrogens is 2. The van der Waals surface area contributed by atoms with Gasteiger partial charge in [-0.3, -0.25) is 0 Å². The van der Waals surface area contributed by atoms with E-state index in [0.717, 1.165) is 29.7 Å². The molecule has 2 aromatic carbocycles. The van der Waals surface area contributed by atoms with Crippen molar-refractivity contribution in [3.63, 3.8) is 0 Å². The van der Waals surface area contributed by atoms with Crippen LogP contribution in [0.3, 0.4) is 0 Å². The molecular weight excluding hydrogens is 414 g/mol. The van der Waals surface area contributed by atoms with Crippen LogP contribution in [0.1, 0.15) is 23.1 Å². The maximum atomic E-state index is 11.7. The van der Waals surface area contributed by atoms with Gasteiger partial charge in [-0.2, -0.15) is 4.31 Å². The Bertz CT molecular complexity index is 1120. The van der Waals surface area contributed by atoms with Gasteiger partial charge in [0.15, 0.2) is 0 Å². The summed E-state index contributed by atoms with van der Waals surface area (Å²) in [5.41, 5.74) is 3.42. The zero-order chi connectivity index (χ0) is 21.7. The lowest BCUT2D eigenvalue weighted by molar-refractivity contribution is 0.309. The predicted octanol–water partition coefficient (Wildman–Crippen LogP) is 3.60. The van der Waals surface area contributed by atoms with Gasteiger partial charge in [0.25, 0.3) is 0 Å². The van der Waals surface area contributed by atoms with Gasteiger partial charge in [-0.05, 0) is 66.3 Å². The number of aryl methyl sites for hydroxylation is 1. The van der Waals surface area contributed by atoms with E-state index < -0.39 is 10.0 Å². The third-order valence-electron chi connectivity index (χ3n) is 5.18. The molecule has 0 atom stereocenters. The summed E-state index contributed by atoms with van der Waals surface area (Å²) in [5.74, 6) is 1.54. The Morgan fingerprint density at radius 1 is 1.00 bits per heavy atom. The maximum absolute atomic E-state index is 11.7. The van der Waals surface area contributed by atoms with Crippen LogP contribution in [-0.2, 0) is 29.4 Å². The number of fused-ring (bicyclic) bond motifs is 1. The fraction of sp³-hybridized carbons (Fsp3) is 0.304. The summed E-state index contributed by atoms with van der Waals surface area (Å²) in [6.07, 6.45) is 7.04. The minimum Gasteiger partial charge on any atom is -0.494 e. The highest BCUT2D eigenvalue weighted by molar-refractivity contribution is 7.88. The van der Waals surface area contributed by atoms with Crippen molar-refractivity contribution in [2.75, 3.05) is 19.4 Å². The molecule has 0 aliphatic carbocycles. The zero-order valence-electron chi connectivity index (χ0n) is 17.4. The molecule has 1 aromatic heterocycles. The van der Waals surface area contributed by atoms with E-state index in [1.54, 1.807) is 18.5 Å². The Morgan fingerprint density at radius 3 is 2.48 bits per heavy atom. The fourth-order valence-corrected chi connectivity index (χ4v) is 4.31. The monoisotopic (exact) mass is 439 g/mol. The summed E-state index contributed by atoms with van der Waals surface area (Å²) >= 11 is 0. The van der Waals surface area contributed by atoms with Crippen molar-refractivity contribution in [2.24, 2.45) is 0 Å². The second-order valence-electron chi connectivity index (χ2n) is 7.51. The summed E-state index contributed by atoms with van der Waals surface area (Å²) in [5, 5.41) is 0. The van der Waals surface area contributed by atoms with E-state index in [9.17, 15) is 8.42 Å². The first-order valence-corrected chi connectivity index (χ1v) is 12.1. The highest BCUT2D eigenvalue weighted by Gasteiger charge is 2.23. The molecule has 1 aliphatic rings. The van der Waals surface area contributed by atoms with Crippen molar-refractivity contribution in [1.82, 2.24) is 14.3 Å². The van der Waals surface area contributed by atoms with Gasteiger partial charge in [-0.15, -0.1) is 0 Å². The van der Waals surface area contributed by atoms with Gasteiger partial charge in [0.2, 0.25) is 10.0 Å². The second-order valence-corrected chi connectivity index (χ2v) is 9.49. The van der Waals surface area contributed by atoms with Crippen LogP contribution in [0.15, 0.2) is 60.9 Å². The number of hydrogen-bond acceptors (Lipinski definition) is 6. The molecule has 0 spiro atoms. The van der Waals surface area contributed by atoms with Gasteiger partial charge in [0.05, 0.1) is 12.9 Å². The lowest BCUT2D eigenvalue weighted by atomic mass is 10.0. The molecule has 3 aromatic rings. The molecule has 4 rings (SSSR count). The quantitative estimate of drug-likeness (QED) is 0.499. The van der Waals surface area contributed by atoms with Crippen LogP contribution in [0.4, 0.5) is 0 Å². The van der Waals surface area contributed by atoms with Crippen molar-refractivity contribution in [3.05, 3.63) is 77.6 Å². The third-order valence-corrected chi connectivity index (χ3v) is 6.43. The van der Waals surface area contributed by atoms with E-state index in [0.29, 0.717) is 37.9 Å². The maximum Gasteiger partial charge on any atom is 0.321 e. The first-order valence-electron chi connectivity index (χ1n) is 10.2. The molecular formula is C23H25N3O4S. The van der Waals surface area contributed by atoms with Crippen LogP contribution >= 0.6 is 0 Å². The standard InChI is InChI=1S/C23H25N3O4S/c1-31(27,28)26-14-11-19-16-22(10-7-20(19)17-26)29-15-2-4-18-5-8-21(9-6-18)30-23-24-12-3-13-25-23/h3,5-10,12-13,16H,2,4,11,14-15,17H2,1H3. The zero-order valence-corrected chi connectivity index (χ0v) is 18.2. The molecule has 31 heavy (non-hydrogen) atoms. The average Bonchev–Trinajstić information content (AvgIpc) is 2.77. The summed E-state index contributed by atoms with van der Waals surface area (Å²) in [4.78, 5) is 8.10. The first-order chi connectivity index (χ1) is 15.0. The Labute approximate surface area is 182 Å². The third kappa shape index (κ3) is 5.80. The smallest absolute Gasteiger partial charge is 0.321 e. The van der Waals surface area contributed by atoms with Crippen LogP contribution in [0.5, 0.6) is 17.5 Å². The van der Waals surface area contributed by atoms with Gasteiger partial charge < -0.3 is 9.47 Å². The number of nitrogens with zero attached hydrogens (tertiary/aromatic N) is 3. The summed E-state index contributed by atoms with van der Waals surface area (Å²) in [7, 11) is -3.15. The Balaban J connectivity index is 1.24. The number of ether oxygens (including phenoxy) is 2. The largest absolute Gasteiger partial charge is 0.494 e. The van der Waals surface area contributed by atoms with E-state index in [-0.39, 0.29) is 0 Å². The Morgan fingerprint density at radius 2 is 1.74 bits per heavy atom. The molecule has 2 heterocycles. The van der Waals surface area contributed by atoms with E-state index >= 15 is 0 Å². The van der Waals surface area contributed by atoms with E-state index in [1.165, 1.54) is 16.1 Å². The van der Waals surface area contributed by atoms with Crippen molar-refractivity contribution in [2.45, 2.75) is 25.8 Å². The second kappa shape index (κ2) is 9.45. The molecule has 0 bridgehead atoms. The molecule has 0 radical (unpaired) electrons. The highest BCUT2D eigenvalue weighted by atomic mass is 32.2. The first kappa shape index (κ1) is 21.3. The van der Waals surface area contributed by atoms with E-state index in [2.05, 4.69) is 9.97 Å². The topological polar surface area (TPSA) is 81.6 Å². The molecule has 7 nitrogen and oxygen atoms in total. The number of rotatable bonds is 8. The summed E-state index contributed by atoms with van der Waals surface area (Å²) < 4.78 is 36.5. The Kier molecular flexibility index (Phi) is 6.48. The Hall–Kier alpha value is -2.97. The van der Waals surface area contributed by atoms with Crippen molar-refractivity contribution in [1.29, 1.82) is 0 Å². The van der Waals surface area contributed by atoms with Crippen molar-refractivity contribution in [3.8, 4) is 17.5 Å². The van der Waals surface area contributed by atoms with Gasteiger partial charge in [0, 0.05) is 25.5 Å². The van der Waals surface area contributed by atoms with Gasteiger partial charge in [-0.25, -0.2) is 18.4 Å². The van der Waals surface area contributed by atoms with Gasteiger partial charge in [0.1, 0.15) is 11.5 Å². The normalized spacial score (nSPS) is 14.1. The number of benzene rings is 2. The minimum absolute atomic E-state index is 0.331. The van der Waals surface area contributed by atoms with Crippen molar-refractivity contribution < 1.29 is 17.9 Å². The molecule has 1 aliphatic heterocycles. The number of sulfonamides is 1. The van der Waals surface area contributed by atoms with Crippen LogP contribution in [0, 0.1) is 0 Å². The van der Waals surface area contributed by atoms with Crippen LogP contribution in [0.25, 0.3) is 0 Å². The molecule has 0 amide bonds. The highest BCUT2D eigenvalue weighted by Crippen LogP contribution is 2.25. The van der Waals surface area contributed by atoms with E-state index in [4.69, 9.17) is 9.47 Å². The SMILES string of the molecule is CS(=O)(=O)N1CCc2cc(OCCCc3ccc(Oc4ncccn4)cc3)ccc2C1. The predicted molar refractivity (Wildman–Crippen MR) is 118 cm³/mol. The molecule has 162 valence electrons.